The van der Waals surface area contributed by atoms with Gasteiger partial charge >= 0.3 is 17.5 Å². The SMILES string of the molecule is COC(=O)c1ccc(Oc2ncnc(Nc3cccc4ccccc34)c2[N+](=O)[O-])cc1. The summed E-state index contributed by atoms with van der Waals surface area (Å²) in [6.07, 6.45) is 1.18. The van der Waals surface area contributed by atoms with E-state index in [1.54, 1.807) is 6.07 Å². The Kier molecular flexibility index (Phi) is 5.39. The molecule has 31 heavy (non-hydrogen) atoms. The largest absolute Gasteiger partial charge is 0.465 e. The minimum absolute atomic E-state index is 0.00228. The Labute approximate surface area is 176 Å². The number of ether oxygens (including phenoxy) is 2. The summed E-state index contributed by atoms with van der Waals surface area (Å²) in [6.45, 7) is 0. The maximum absolute atomic E-state index is 11.8. The number of fused-ring (bicyclic) bond motifs is 1. The van der Waals surface area contributed by atoms with E-state index in [4.69, 9.17) is 4.74 Å². The number of nitrogens with one attached hydrogen (secondary N) is 1. The van der Waals surface area contributed by atoms with Gasteiger partial charge in [-0.1, -0.05) is 36.4 Å². The van der Waals surface area contributed by atoms with Crippen molar-refractivity contribution < 1.29 is 19.2 Å². The summed E-state index contributed by atoms with van der Waals surface area (Å²) in [6, 6.07) is 19.2. The van der Waals surface area contributed by atoms with Gasteiger partial charge in [-0.25, -0.2) is 9.78 Å². The molecular formula is C22H16N4O5. The minimum atomic E-state index is -0.606. The summed E-state index contributed by atoms with van der Waals surface area (Å²) in [4.78, 5) is 30.7. The van der Waals surface area contributed by atoms with Crippen molar-refractivity contribution in [3.8, 4) is 11.6 Å². The first-order chi connectivity index (χ1) is 15.1. The summed E-state index contributed by atoms with van der Waals surface area (Å²) in [5, 5.41) is 16.7. The highest BCUT2D eigenvalue weighted by Crippen LogP contribution is 2.36. The van der Waals surface area contributed by atoms with Gasteiger partial charge in [0.15, 0.2) is 0 Å². The van der Waals surface area contributed by atoms with E-state index in [-0.39, 0.29) is 17.4 Å². The van der Waals surface area contributed by atoms with E-state index >= 15 is 0 Å². The summed E-state index contributed by atoms with van der Waals surface area (Å²) in [5.41, 5.74) is 0.575. The monoisotopic (exact) mass is 416 g/mol. The number of methoxy groups -OCH3 is 1. The number of hydrogen-bond acceptors (Lipinski definition) is 8. The van der Waals surface area contributed by atoms with Crippen LogP contribution in [0.15, 0.2) is 73.1 Å². The molecule has 4 rings (SSSR count). The number of rotatable bonds is 6. The molecule has 3 aromatic carbocycles. The lowest BCUT2D eigenvalue weighted by Crippen LogP contribution is -2.04. The van der Waals surface area contributed by atoms with E-state index in [1.165, 1.54) is 37.7 Å². The van der Waals surface area contributed by atoms with Crippen LogP contribution in [0.3, 0.4) is 0 Å². The maximum atomic E-state index is 11.8. The molecule has 0 aliphatic heterocycles. The van der Waals surface area contributed by atoms with Crippen LogP contribution in [0.4, 0.5) is 17.2 Å². The van der Waals surface area contributed by atoms with Crippen molar-refractivity contribution in [1.82, 2.24) is 9.97 Å². The molecule has 0 bridgehead atoms. The average Bonchev–Trinajstić information content (AvgIpc) is 2.79. The second kappa shape index (κ2) is 8.46. The first kappa shape index (κ1) is 19.8. The van der Waals surface area contributed by atoms with Crippen LogP contribution in [0, 0.1) is 10.1 Å². The Morgan fingerprint density at radius 1 is 1.00 bits per heavy atom. The van der Waals surface area contributed by atoms with E-state index in [9.17, 15) is 14.9 Å². The molecule has 1 aromatic heterocycles. The molecule has 1 N–H and O–H groups in total. The predicted octanol–water partition coefficient (Wildman–Crippen LogP) is 4.86. The second-order valence-corrected chi connectivity index (χ2v) is 6.40. The molecule has 0 spiro atoms. The van der Waals surface area contributed by atoms with Gasteiger partial charge < -0.3 is 14.8 Å². The Hall–Kier alpha value is -4.53. The molecule has 0 saturated carbocycles. The molecule has 0 fully saturated rings. The number of benzene rings is 3. The van der Waals surface area contributed by atoms with E-state index < -0.39 is 16.6 Å². The summed E-state index contributed by atoms with van der Waals surface area (Å²) < 4.78 is 10.3. The predicted molar refractivity (Wildman–Crippen MR) is 114 cm³/mol. The van der Waals surface area contributed by atoms with Crippen LogP contribution in [0.5, 0.6) is 11.6 Å². The third-order valence-electron chi connectivity index (χ3n) is 4.50. The lowest BCUT2D eigenvalue weighted by Gasteiger charge is -2.11. The molecule has 0 atom stereocenters. The van der Waals surface area contributed by atoms with Gasteiger partial charge in [-0.2, -0.15) is 4.98 Å². The lowest BCUT2D eigenvalue weighted by molar-refractivity contribution is -0.385. The van der Waals surface area contributed by atoms with Crippen molar-refractivity contribution in [3.05, 3.63) is 88.7 Å². The van der Waals surface area contributed by atoms with Crippen molar-refractivity contribution in [2.24, 2.45) is 0 Å². The number of hydrogen-bond donors (Lipinski definition) is 1. The standard InChI is InChI=1S/C22H16N4O5/c1-30-22(27)15-9-11-16(12-10-15)31-21-19(26(28)29)20(23-13-24-21)25-18-8-4-6-14-5-2-3-7-17(14)18/h2-13H,1H3,(H,23,24,25). The van der Waals surface area contributed by atoms with Crippen LogP contribution in [0.1, 0.15) is 10.4 Å². The van der Waals surface area contributed by atoms with Crippen LogP contribution in [-0.4, -0.2) is 28.0 Å². The minimum Gasteiger partial charge on any atom is -0.465 e. The number of carbonyl (C=O) groups excluding carboxylic acids is 1. The summed E-state index contributed by atoms with van der Waals surface area (Å²) >= 11 is 0. The van der Waals surface area contributed by atoms with Crippen LogP contribution in [0.25, 0.3) is 10.8 Å². The van der Waals surface area contributed by atoms with Gasteiger partial charge in [0.05, 0.1) is 17.6 Å². The highest BCUT2D eigenvalue weighted by Gasteiger charge is 2.25. The Morgan fingerprint density at radius 2 is 1.74 bits per heavy atom. The van der Waals surface area contributed by atoms with Gasteiger partial charge in [0.25, 0.3) is 0 Å². The Balaban J connectivity index is 1.68. The maximum Gasteiger partial charge on any atom is 0.373 e. The van der Waals surface area contributed by atoms with Crippen LogP contribution >= 0.6 is 0 Å². The topological polar surface area (TPSA) is 116 Å². The van der Waals surface area contributed by atoms with Crippen LogP contribution in [-0.2, 0) is 4.74 Å². The zero-order valence-corrected chi connectivity index (χ0v) is 16.3. The average molecular weight is 416 g/mol. The lowest BCUT2D eigenvalue weighted by atomic mass is 10.1. The fraction of sp³-hybridized carbons (Fsp3) is 0.0455. The molecule has 0 unspecified atom stereocenters. The zero-order chi connectivity index (χ0) is 21.8. The quantitative estimate of drug-likeness (QED) is 0.269. The van der Waals surface area contributed by atoms with Gasteiger partial charge in [-0.05, 0) is 35.7 Å². The molecule has 0 saturated heterocycles. The Morgan fingerprint density at radius 3 is 2.48 bits per heavy atom. The van der Waals surface area contributed by atoms with Gasteiger partial charge in [0.2, 0.25) is 5.82 Å². The molecule has 0 radical (unpaired) electrons. The number of esters is 1. The van der Waals surface area contributed by atoms with E-state index in [1.807, 2.05) is 36.4 Å². The van der Waals surface area contributed by atoms with Crippen molar-refractivity contribution in [2.45, 2.75) is 0 Å². The molecule has 9 heteroatoms. The molecular weight excluding hydrogens is 400 g/mol. The van der Waals surface area contributed by atoms with Crippen LogP contribution in [0.2, 0.25) is 0 Å². The molecule has 0 amide bonds. The van der Waals surface area contributed by atoms with Gasteiger partial charge in [0, 0.05) is 11.1 Å². The molecule has 4 aromatic rings. The van der Waals surface area contributed by atoms with Crippen molar-refractivity contribution in [2.75, 3.05) is 12.4 Å². The first-order valence-corrected chi connectivity index (χ1v) is 9.17. The number of carbonyl (C=O) groups is 1. The number of aromatic nitrogens is 2. The highest BCUT2D eigenvalue weighted by molar-refractivity contribution is 5.95. The van der Waals surface area contributed by atoms with E-state index in [0.29, 0.717) is 11.3 Å². The van der Waals surface area contributed by atoms with Gasteiger partial charge in [-0.3, -0.25) is 10.1 Å². The summed E-state index contributed by atoms with van der Waals surface area (Å²) in [5.74, 6) is -0.460. The third-order valence-corrected chi connectivity index (χ3v) is 4.50. The van der Waals surface area contributed by atoms with Gasteiger partial charge in [-0.15, -0.1) is 0 Å². The highest BCUT2D eigenvalue weighted by atomic mass is 16.6. The molecule has 1 heterocycles. The molecule has 0 aliphatic carbocycles. The molecule has 0 aliphatic rings. The number of nitrogens with zero attached hydrogens (tertiary/aromatic N) is 3. The smallest absolute Gasteiger partial charge is 0.373 e. The zero-order valence-electron chi connectivity index (χ0n) is 16.3. The van der Waals surface area contributed by atoms with E-state index in [0.717, 1.165) is 10.8 Å². The van der Waals surface area contributed by atoms with Crippen molar-refractivity contribution >= 4 is 33.9 Å². The number of anilines is 2. The first-order valence-electron chi connectivity index (χ1n) is 9.17. The van der Waals surface area contributed by atoms with Crippen molar-refractivity contribution in [1.29, 1.82) is 0 Å². The second-order valence-electron chi connectivity index (χ2n) is 6.40. The fourth-order valence-electron chi connectivity index (χ4n) is 3.04. The number of nitro groups is 1. The van der Waals surface area contributed by atoms with Gasteiger partial charge in [0.1, 0.15) is 12.1 Å². The molecule has 9 nitrogen and oxygen atoms in total. The Bertz CT molecular complexity index is 1270. The van der Waals surface area contributed by atoms with Crippen LogP contribution < -0.4 is 10.1 Å². The third kappa shape index (κ3) is 4.10. The summed E-state index contributed by atoms with van der Waals surface area (Å²) in [7, 11) is 1.28. The van der Waals surface area contributed by atoms with Crippen molar-refractivity contribution in [3.63, 3.8) is 0 Å². The molecule has 154 valence electrons. The normalized spacial score (nSPS) is 10.5. The van der Waals surface area contributed by atoms with E-state index in [2.05, 4.69) is 20.0 Å². The fourth-order valence-corrected chi connectivity index (χ4v) is 3.04.